The summed E-state index contributed by atoms with van der Waals surface area (Å²) in [6, 6.07) is 15.9. The van der Waals surface area contributed by atoms with Gasteiger partial charge in [0.2, 0.25) is 0 Å². The molecule has 0 spiro atoms. The minimum atomic E-state index is -0.929. The van der Waals surface area contributed by atoms with E-state index in [-0.39, 0.29) is 11.1 Å². The zero-order valence-electron chi connectivity index (χ0n) is 17.4. The highest BCUT2D eigenvalue weighted by Crippen LogP contribution is 2.35. The Morgan fingerprint density at radius 3 is 2.03 bits per heavy atom. The summed E-state index contributed by atoms with van der Waals surface area (Å²) in [6.45, 7) is 6.10. The highest BCUT2D eigenvalue weighted by Gasteiger charge is 2.22. The lowest BCUT2D eigenvalue weighted by Gasteiger charge is -2.14. The summed E-state index contributed by atoms with van der Waals surface area (Å²) in [5.74, 6) is -1.86. The maximum absolute atomic E-state index is 15.1. The molecule has 0 aliphatic heterocycles. The fourth-order valence-electron chi connectivity index (χ4n) is 4.00. The first-order chi connectivity index (χ1) is 14.9. The molecule has 0 N–H and O–H groups in total. The van der Waals surface area contributed by atoms with E-state index in [1.54, 1.807) is 36.5 Å². The molecule has 2 heterocycles. The molecular weight excluding hydrogens is 392 g/mol. The molecule has 0 saturated carbocycles. The Labute approximate surface area is 179 Å². The fourth-order valence-corrected chi connectivity index (χ4v) is 4.00. The summed E-state index contributed by atoms with van der Waals surface area (Å²) >= 11 is 0. The number of rotatable bonds is 3. The van der Waals surface area contributed by atoms with Gasteiger partial charge in [-0.3, -0.25) is 9.97 Å². The van der Waals surface area contributed by atoms with Crippen molar-refractivity contribution in [3.05, 3.63) is 94.8 Å². The lowest BCUT2D eigenvalue weighted by atomic mass is 9.92. The van der Waals surface area contributed by atoms with Crippen LogP contribution in [0, 0.1) is 43.7 Å². The summed E-state index contributed by atoms with van der Waals surface area (Å²) in [5.41, 5.74) is 5.39. The summed E-state index contributed by atoms with van der Waals surface area (Å²) in [5, 5.41) is 9.40. The molecule has 4 aromatic rings. The summed E-state index contributed by atoms with van der Waals surface area (Å²) in [4.78, 5) is 8.47. The van der Waals surface area contributed by atoms with Gasteiger partial charge in [-0.2, -0.15) is 5.26 Å². The Kier molecular flexibility index (Phi) is 5.31. The van der Waals surface area contributed by atoms with E-state index in [1.807, 2.05) is 26.8 Å². The molecular formula is C26H19F2N3. The highest BCUT2D eigenvalue weighted by atomic mass is 19.1. The molecule has 2 aromatic carbocycles. The largest absolute Gasteiger partial charge is 0.256 e. The van der Waals surface area contributed by atoms with E-state index in [1.165, 1.54) is 12.3 Å². The number of benzene rings is 2. The Morgan fingerprint density at radius 2 is 1.42 bits per heavy atom. The maximum atomic E-state index is 15.1. The lowest BCUT2D eigenvalue weighted by molar-refractivity contribution is 0.581. The van der Waals surface area contributed by atoms with Gasteiger partial charge in [-0.25, -0.2) is 8.78 Å². The van der Waals surface area contributed by atoms with Crippen molar-refractivity contribution in [2.24, 2.45) is 0 Å². The number of pyridine rings is 2. The molecule has 0 aliphatic rings. The van der Waals surface area contributed by atoms with Crippen LogP contribution in [0.1, 0.15) is 22.3 Å². The van der Waals surface area contributed by atoms with Gasteiger partial charge in [-0.15, -0.1) is 0 Å². The van der Waals surface area contributed by atoms with Crippen molar-refractivity contribution in [2.75, 3.05) is 0 Å². The van der Waals surface area contributed by atoms with Crippen molar-refractivity contribution < 1.29 is 8.78 Å². The van der Waals surface area contributed by atoms with Gasteiger partial charge < -0.3 is 0 Å². The number of hydrogen-bond acceptors (Lipinski definition) is 3. The molecule has 152 valence electrons. The van der Waals surface area contributed by atoms with E-state index >= 15 is 4.39 Å². The van der Waals surface area contributed by atoms with Crippen LogP contribution >= 0.6 is 0 Å². The molecule has 0 unspecified atom stereocenters. The monoisotopic (exact) mass is 411 g/mol. The van der Waals surface area contributed by atoms with E-state index < -0.39 is 17.2 Å². The smallest absolute Gasteiger partial charge is 0.153 e. The standard InChI is InChI=1S/C26H19F2N3/c1-15-10-16(2)24(17(3)11-15)18-7-9-31-23(12-18)20-13-19(22-6-4-5-8-30-22)25(27)21(14-29)26(20)28/h4-13H,1-3H3. The van der Waals surface area contributed by atoms with Crippen LogP contribution in [0.25, 0.3) is 33.6 Å². The minimum absolute atomic E-state index is 0.0582. The Bertz CT molecular complexity index is 1320. The predicted octanol–water partition coefficient (Wildman–Crippen LogP) is 6.55. The van der Waals surface area contributed by atoms with Crippen molar-refractivity contribution in [3.63, 3.8) is 0 Å². The van der Waals surface area contributed by atoms with Crippen LogP contribution in [-0.4, -0.2) is 9.97 Å². The number of halogens is 2. The first kappa shape index (κ1) is 20.4. The van der Waals surface area contributed by atoms with Gasteiger partial charge >= 0.3 is 0 Å². The molecule has 0 amide bonds. The van der Waals surface area contributed by atoms with E-state index in [9.17, 15) is 9.65 Å². The Morgan fingerprint density at radius 1 is 0.774 bits per heavy atom. The average Bonchev–Trinajstić information content (AvgIpc) is 2.74. The van der Waals surface area contributed by atoms with Gasteiger partial charge in [0, 0.05) is 23.5 Å². The third-order valence-electron chi connectivity index (χ3n) is 5.25. The highest BCUT2D eigenvalue weighted by molar-refractivity contribution is 5.78. The number of nitrogens with zero attached hydrogens (tertiary/aromatic N) is 3. The minimum Gasteiger partial charge on any atom is -0.256 e. The van der Waals surface area contributed by atoms with Gasteiger partial charge in [0.1, 0.15) is 11.6 Å². The predicted molar refractivity (Wildman–Crippen MR) is 117 cm³/mol. The Balaban J connectivity index is 1.94. The third-order valence-corrected chi connectivity index (χ3v) is 5.25. The van der Waals surface area contributed by atoms with Gasteiger partial charge in [0.15, 0.2) is 11.6 Å². The first-order valence-electron chi connectivity index (χ1n) is 9.79. The third kappa shape index (κ3) is 3.69. The van der Waals surface area contributed by atoms with Crippen LogP contribution in [0.5, 0.6) is 0 Å². The molecule has 4 rings (SSSR count). The number of nitriles is 1. The molecule has 3 nitrogen and oxygen atoms in total. The van der Waals surface area contributed by atoms with Crippen molar-refractivity contribution in [1.82, 2.24) is 9.97 Å². The molecule has 5 heteroatoms. The topological polar surface area (TPSA) is 49.6 Å². The maximum Gasteiger partial charge on any atom is 0.153 e. The van der Waals surface area contributed by atoms with E-state index in [0.717, 1.165) is 27.8 Å². The molecule has 2 aromatic heterocycles. The number of aromatic nitrogens is 2. The fraction of sp³-hybridized carbons (Fsp3) is 0.115. The molecule has 0 fully saturated rings. The van der Waals surface area contributed by atoms with Crippen LogP contribution in [0.3, 0.4) is 0 Å². The quantitative estimate of drug-likeness (QED) is 0.384. The molecule has 0 atom stereocenters. The van der Waals surface area contributed by atoms with E-state index in [2.05, 4.69) is 22.1 Å². The first-order valence-corrected chi connectivity index (χ1v) is 9.79. The summed E-state index contributed by atoms with van der Waals surface area (Å²) in [7, 11) is 0. The van der Waals surface area contributed by atoms with Crippen LogP contribution < -0.4 is 0 Å². The normalized spacial score (nSPS) is 10.7. The van der Waals surface area contributed by atoms with E-state index in [0.29, 0.717) is 11.4 Å². The molecule has 0 bridgehead atoms. The van der Waals surface area contributed by atoms with Crippen LogP contribution in [-0.2, 0) is 0 Å². The second-order valence-corrected chi connectivity index (χ2v) is 7.50. The van der Waals surface area contributed by atoms with Crippen LogP contribution in [0.4, 0.5) is 8.78 Å². The van der Waals surface area contributed by atoms with Crippen LogP contribution in [0.15, 0.2) is 60.9 Å². The molecule has 0 radical (unpaired) electrons. The lowest BCUT2D eigenvalue weighted by Crippen LogP contribution is -2.00. The number of aryl methyl sites for hydroxylation is 3. The molecule has 0 aliphatic carbocycles. The summed E-state index contributed by atoms with van der Waals surface area (Å²) < 4.78 is 30.0. The molecule has 0 saturated heterocycles. The second-order valence-electron chi connectivity index (χ2n) is 7.50. The van der Waals surface area contributed by atoms with Crippen LogP contribution in [0.2, 0.25) is 0 Å². The number of hydrogen-bond donors (Lipinski definition) is 0. The molecule has 31 heavy (non-hydrogen) atoms. The summed E-state index contributed by atoms with van der Waals surface area (Å²) in [6.07, 6.45) is 3.12. The average molecular weight is 411 g/mol. The van der Waals surface area contributed by atoms with Gasteiger partial charge in [-0.1, -0.05) is 23.8 Å². The van der Waals surface area contributed by atoms with Crippen molar-refractivity contribution in [1.29, 1.82) is 5.26 Å². The zero-order chi connectivity index (χ0) is 22.1. The van der Waals surface area contributed by atoms with Gasteiger partial charge in [0.25, 0.3) is 0 Å². The SMILES string of the molecule is Cc1cc(C)c(-c2ccnc(-c3cc(-c4ccccn4)c(F)c(C#N)c3F)c2)c(C)c1. The van der Waals surface area contributed by atoms with Crippen molar-refractivity contribution >= 4 is 0 Å². The second kappa shape index (κ2) is 8.08. The van der Waals surface area contributed by atoms with Crippen molar-refractivity contribution in [2.45, 2.75) is 20.8 Å². The van der Waals surface area contributed by atoms with Gasteiger partial charge in [-0.05, 0) is 73.4 Å². The van der Waals surface area contributed by atoms with Gasteiger partial charge in [0.05, 0.1) is 11.4 Å². The van der Waals surface area contributed by atoms with E-state index in [4.69, 9.17) is 0 Å². The van der Waals surface area contributed by atoms with Crippen molar-refractivity contribution in [3.8, 4) is 39.7 Å². The Hall–Kier alpha value is -3.91. The zero-order valence-corrected chi connectivity index (χ0v) is 17.4.